The van der Waals surface area contributed by atoms with Gasteiger partial charge in [-0.3, -0.25) is 14.2 Å². The van der Waals surface area contributed by atoms with Crippen molar-refractivity contribution in [1.29, 1.82) is 0 Å². The first kappa shape index (κ1) is 13.1. The van der Waals surface area contributed by atoms with Crippen molar-refractivity contribution >= 4 is 16.9 Å². The van der Waals surface area contributed by atoms with Crippen LogP contribution in [0, 0.1) is 0 Å². The largest absolute Gasteiger partial charge is 0.480 e. The molecule has 100 valence electrons. The second kappa shape index (κ2) is 4.38. The van der Waals surface area contributed by atoms with Crippen molar-refractivity contribution < 1.29 is 23.1 Å². The molecule has 2 aromatic rings. The Kier molecular flexibility index (Phi) is 3.01. The molecule has 8 heteroatoms. The van der Waals surface area contributed by atoms with Crippen LogP contribution >= 0.6 is 0 Å². The molecular formula is C11H7F3N2O3. The predicted octanol–water partition coefficient (Wildman–Crippen LogP) is 1.50. The van der Waals surface area contributed by atoms with Crippen molar-refractivity contribution in [1.82, 2.24) is 9.55 Å². The Hall–Kier alpha value is -2.38. The van der Waals surface area contributed by atoms with E-state index in [2.05, 4.69) is 4.98 Å². The maximum absolute atomic E-state index is 12.8. The molecule has 0 aliphatic heterocycles. The van der Waals surface area contributed by atoms with Crippen LogP contribution in [0.5, 0.6) is 0 Å². The molecule has 0 spiro atoms. The minimum absolute atomic E-state index is 0.124. The van der Waals surface area contributed by atoms with Gasteiger partial charge in [-0.2, -0.15) is 13.2 Å². The van der Waals surface area contributed by atoms with Crippen molar-refractivity contribution in [2.24, 2.45) is 0 Å². The van der Waals surface area contributed by atoms with Crippen LogP contribution in [-0.4, -0.2) is 20.6 Å². The Morgan fingerprint density at radius 3 is 2.63 bits per heavy atom. The summed E-state index contributed by atoms with van der Waals surface area (Å²) < 4.78 is 39.0. The first-order valence-corrected chi connectivity index (χ1v) is 5.08. The van der Waals surface area contributed by atoms with E-state index in [1.165, 1.54) is 6.07 Å². The van der Waals surface area contributed by atoms with E-state index in [0.717, 1.165) is 18.5 Å². The molecule has 2 rings (SSSR count). The minimum Gasteiger partial charge on any atom is -0.480 e. The lowest BCUT2D eigenvalue weighted by atomic mass is 10.1. The lowest BCUT2D eigenvalue weighted by molar-refractivity contribution is -0.137. The number of hydrogen-bond acceptors (Lipinski definition) is 3. The van der Waals surface area contributed by atoms with Gasteiger partial charge in [-0.15, -0.1) is 0 Å². The summed E-state index contributed by atoms with van der Waals surface area (Å²) in [4.78, 5) is 26.1. The van der Waals surface area contributed by atoms with Gasteiger partial charge in [0.1, 0.15) is 6.54 Å². The van der Waals surface area contributed by atoms with E-state index in [0.29, 0.717) is 4.57 Å². The number of aliphatic carboxylic acids is 1. The van der Waals surface area contributed by atoms with Crippen molar-refractivity contribution in [3.05, 3.63) is 40.4 Å². The zero-order valence-corrected chi connectivity index (χ0v) is 9.31. The number of carbonyl (C=O) groups is 1. The number of carboxylic acids is 1. The van der Waals surface area contributed by atoms with E-state index in [1.807, 2.05) is 0 Å². The molecule has 1 aromatic heterocycles. The van der Waals surface area contributed by atoms with Crippen LogP contribution < -0.4 is 5.56 Å². The van der Waals surface area contributed by atoms with Crippen molar-refractivity contribution in [3.63, 3.8) is 0 Å². The van der Waals surface area contributed by atoms with Crippen molar-refractivity contribution in [2.45, 2.75) is 12.7 Å². The highest BCUT2D eigenvalue weighted by Crippen LogP contribution is 2.32. The fourth-order valence-corrected chi connectivity index (χ4v) is 1.69. The lowest BCUT2D eigenvalue weighted by Gasteiger charge is -2.10. The van der Waals surface area contributed by atoms with Gasteiger partial charge in [0.05, 0.1) is 22.8 Å². The third kappa shape index (κ3) is 2.42. The number of hydrogen-bond donors (Lipinski definition) is 1. The Labute approximate surface area is 103 Å². The summed E-state index contributed by atoms with van der Waals surface area (Å²) in [5, 5.41) is 7.96. The number of aromatic nitrogens is 2. The van der Waals surface area contributed by atoms with Gasteiger partial charge in [-0.05, 0) is 12.1 Å². The molecule has 1 heterocycles. The van der Waals surface area contributed by atoms with E-state index < -0.39 is 35.2 Å². The first-order valence-electron chi connectivity index (χ1n) is 5.08. The smallest absolute Gasteiger partial charge is 0.417 e. The Morgan fingerprint density at radius 1 is 1.37 bits per heavy atom. The summed E-state index contributed by atoms with van der Waals surface area (Å²) in [7, 11) is 0. The molecule has 5 nitrogen and oxygen atoms in total. The van der Waals surface area contributed by atoms with Gasteiger partial charge >= 0.3 is 12.1 Å². The van der Waals surface area contributed by atoms with E-state index in [9.17, 15) is 22.8 Å². The van der Waals surface area contributed by atoms with Gasteiger partial charge in [-0.25, -0.2) is 4.98 Å². The second-order valence-corrected chi connectivity index (χ2v) is 3.77. The summed E-state index contributed by atoms with van der Waals surface area (Å²) in [6.45, 7) is -0.742. The fraction of sp³-hybridized carbons (Fsp3) is 0.182. The number of alkyl halides is 3. The topological polar surface area (TPSA) is 72.2 Å². The third-order valence-corrected chi connectivity index (χ3v) is 2.46. The number of fused-ring (bicyclic) bond motifs is 1. The van der Waals surface area contributed by atoms with Gasteiger partial charge < -0.3 is 5.11 Å². The Bertz CT molecular complexity index is 706. The van der Waals surface area contributed by atoms with Gasteiger partial charge in [0, 0.05) is 0 Å². The molecule has 0 bridgehead atoms. The lowest BCUT2D eigenvalue weighted by Crippen LogP contribution is -2.26. The Balaban J connectivity index is 2.80. The van der Waals surface area contributed by atoms with Crippen LogP contribution in [-0.2, 0) is 17.5 Å². The Morgan fingerprint density at radius 2 is 2.05 bits per heavy atom. The van der Waals surface area contributed by atoms with E-state index in [1.54, 1.807) is 0 Å². The van der Waals surface area contributed by atoms with Crippen molar-refractivity contribution in [2.75, 3.05) is 0 Å². The summed E-state index contributed by atoms with van der Waals surface area (Å²) in [5.74, 6) is -1.34. The molecule has 1 N–H and O–H groups in total. The van der Waals surface area contributed by atoms with E-state index in [4.69, 9.17) is 5.11 Å². The van der Waals surface area contributed by atoms with Gasteiger partial charge in [0.25, 0.3) is 5.56 Å². The summed E-state index contributed by atoms with van der Waals surface area (Å²) in [6.07, 6.45) is -3.79. The first-order chi connectivity index (χ1) is 8.80. The van der Waals surface area contributed by atoms with E-state index >= 15 is 0 Å². The highest BCUT2D eigenvalue weighted by atomic mass is 19.4. The van der Waals surface area contributed by atoms with Crippen LogP contribution in [0.3, 0.4) is 0 Å². The maximum Gasteiger partial charge on any atom is 0.417 e. The fourth-order valence-electron chi connectivity index (χ4n) is 1.69. The van der Waals surface area contributed by atoms with Crippen LogP contribution in [0.2, 0.25) is 0 Å². The van der Waals surface area contributed by atoms with Crippen LogP contribution in [0.15, 0.2) is 29.3 Å². The van der Waals surface area contributed by atoms with Crippen LogP contribution in [0.25, 0.3) is 10.9 Å². The van der Waals surface area contributed by atoms with Crippen LogP contribution in [0.4, 0.5) is 13.2 Å². The molecule has 0 aliphatic carbocycles. The molecule has 0 aliphatic rings. The highest BCUT2D eigenvalue weighted by molar-refractivity contribution is 5.81. The summed E-state index contributed by atoms with van der Waals surface area (Å²) in [5.41, 5.74) is -2.27. The van der Waals surface area contributed by atoms with E-state index in [-0.39, 0.29) is 5.52 Å². The maximum atomic E-state index is 12.8. The van der Waals surface area contributed by atoms with Gasteiger partial charge in [0.2, 0.25) is 0 Å². The molecule has 0 radical (unpaired) electrons. The number of rotatable bonds is 2. The average Bonchev–Trinajstić information content (AvgIpc) is 2.30. The van der Waals surface area contributed by atoms with Crippen molar-refractivity contribution in [3.8, 4) is 0 Å². The number of carboxylic acid groups (broad SMARTS) is 1. The highest BCUT2D eigenvalue weighted by Gasteiger charge is 2.34. The minimum atomic E-state index is -4.71. The molecule has 0 amide bonds. The molecule has 1 aromatic carbocycles. The van der Waals surface area contributed by atoms with Crippen LogP contribution in [0.1, 0.15) is 5.56 Å². The average molecular weight is 272 g/mol. The molecule has 0 atom stereocenters. The SMILES string of the molecule is O=C(O)Cn1cnc2cccc(C(F)(F)F)c2c1=O. The summed E-state index contributed by atoms with van der Waals surface area (Å²) in [6, 6.07) is 3.16. The quantitative estimate of drug-likeness (QED) is 0.899. The standard InChI is InChI=1S/C11H7F3N2O3/c12-11(13,14)6-2-1-3-7-9(6)10(19)16(5-15-7)4-8(17)18/h1-3,5H,4H2,(H,17,18). The monoisotopic (exact) mass is 272 g/mol. The molecule has 0 fully saturated rings. The second-order valence-electron chi connectivity index (χ2n) is 3.77. The number of nitrogens with zero attached hydrogens (tertiary/aromatic N) is 2. The number of benzene rings is 1. The zero-order chi connectivity index (χ0) is 14.2. The molecule has 0 saturated heterocycles. The molecule has 19 heavy (non-hydrogen) atoms. The molecule has 0 saturated carbocycles. The predicted molar refractivity (Wildman–Crippen MR) is 58.6 cm³/mol. The summed E-state index contributed by atoms with van der Waals surface area (Å²) >= 11 is 0. The normalized spacial score (nSPS) is 11.7. The molecule has 0 unspecified atom stereocenters. The molecular weight excluding hydrogens is 265 g/mol. The van der Waals surface area contributed by atoms with Gasteiger partial charge in [0.15, 0.2) is 0 Å². The third-order valence-electron chi connectivity index (χ3n) is 2.46. The zero-order valence-electron chi connectivity index (χ0n) is 9.31. The van der Waals surface area contributed by atoms with Gasteiger partial charge in [-0.1, -0.05) is 6.07 Å². The number of halogens is 3.